The van der Waals surface area contributed by atoms with Crippen LogP contribution in [0.1, 0.15) is 35.0 Å². The molecule has 136 valence electrons. The van der Waals surface area contributed by atoms with Crippen molar-refractivity contribution in [2.45, 2.75) is 26.7 Å². The zero-order valence-electron chi connectivity index (χ0n) is 15.4. The average Bonchev–Trinajstić information content (AvgIpc) is 2.94. The van der Waals surface area contributed by atoms with Crippen molar-refractivity contribution in [2.24, 2.45) is 5.92 Å². The van der Waals surface area contributed by atoms with Crippen LogP contribution in [-0.2, 0) is 4.74 Å². The molecule has 25 heavy (non-hydrogen) atoms. The number of fused-ring (bicyclic) bond motifs is 1. The van der Waals surface area contributed by atoms with E-state index in [1.807, 2.05) is 13.8 Å². The van der Waals surface area contributed by atoms with Crippen LogP contribution in [-0.4, -0.2) is 61.2 Å². The lowest BCUT2D eigenvalue weighted by molar-refractivity contribution is 0.0531. The lowest BCUT2D eigenvalue weighted by atomic mass is 9.96. The molecule has 0 saturated carbocycles. The maximum Gasteiger partial charge on any atom is 0.348 e. The molecule has 1 aliphatic rings. The zero-order valence-corrected chi connectivity index (χ0v) is 16.2. The van der Waals surface area contributed by atoms with Gasteiger partial charge in [0.2, 0.25) is 0 Å². The second-order valence-corrected chi connectivity index (χ2v) is 7.78. The number of esters is 1. The van der Waals surface area contributed by atoms with Crippen molar-refractivity contribution in [3.63, 3.8) is 0 Å². The number of piperidine rings is 1. The Bertz CT molecular complexity index is 753. The molecule has 3 heterocycles. The number of carbonyl (C=O) groups is 1. The van der Waals surface area contributed by atoms with Crippen molar-refractivity contribution in [1.82, 2.24) is 14.9 Å². The molecule has 1 fully saturated rings. The monoisotopic (exact) mass is 362 g/mol. The second-order valence-electron chi connectivity index (χ2n) is 6.78. The Morgan fingerprint density at radius 1 is 1.40 bits per heavy atom. The third-order valence-electron chi connectivity index (χ3n) is 4.90. The number of anilines is 1. The van der Waals surface area contributed by atoms with E-state index in [0.717, 1.165) is 41.2 Å². The molecule has 1 aliphatic heterocycles. The molecule has 0 unspecified atom stereocenters. The van der Waals surface area contributed by atoms with Crippen LogP contribution in [0.15, 0.2) is 6.33 Å². The van der Waals surface area contributed by atoms with Gasteiger partial charge in [-0.1, -0.05) is 0 Å². The van der Waals surface area contributed by atoms with Gasteiger partial charge in [0.25, 0.3) is 0 Å². The summed E-state index contributed by atoms with van der Waals surface area (Å²) in [6.07, 6.45) is 4.02. The van der Waals surface area contributed by atoms with E-state index in [0.29, 0.717) is 17.4 Å². The van der Waals surface area contributed by atoms with Crippen LogP contribution in [0.3, 0.4) is 0 Å². The standard InChI is InChI=1S/C18H26N4O2S/c1-5-24-18(23)15-12(2)14-16(19-11-20-17(14)25-15)22(4)10-13-6-8-21(3)9-7-13/h11,13H,5-10H2,1-4H3. The summed E-state index contributed by atoms with van der Waals surface area (Å²) in [5.74, 6) is 1.31. The van der Waals surface area contributed by atoms with Crippen molar-refractivity contribution in [3.05, 3.63) is 16.8 Å². The minimum atomic E-state index is -0.271. The van der Waals surface area contributed by atoms with Crippen molar-refractivity contribution in [3.8, 4) is 0 Å². The number of likely N-dealkylation sites (tertiary alicyclic amines) is 1. The topological polar surface area (TPSA) is 58.6 Å². The first-order valence-electron chi connectivity index (χ1n) is 8.82. The van der Waals surface area contributed by atoms with Gasteiger partial charge in [-0.15, -0.1) is 11.3 Å². The fourth-order valence-electron chi connectivity index (χ4n) is 3.45. The van der Waals surface area contributed by atoms with E-state index in [9.17, 15) is 4.79 Å². The molecule has 0 atom stereocenters. The summed E-state index contributed by atoms with van der Waals surface area (Å²) in [5.41, 5.74) is 0.921. The molecule has 0 radical (unpaired) electrons. The Labute approximate surface area is 152 Å². The van der Waals surface area contributed by atoms with Gasteiger partial charge in [0.1, 0.15) is 21.9 Å². The van der Waals surface area contributed by atoms with E-state index < -0.39 is 0 Å². The predicted molar refractivity (Wildman–Crippen MR) is 102 cm³/mol. The van der Waals surface area contributed by atoms with Crippen LogP contribution >= 0.6 is 11.3 Å². The van der Waals surface area contributed by atoms with Crippen molar-refractivity contribution < 1.29 is 9.53 Å². The number of aromatic nitrogens is 2. The van der Waals surface area contributed by atoms with Gasteiger partial charge in [-0.25, -0.2) is 14.8 Å². The van der Waals surface area contributed by atoms with Gasteiger partial charge in [-0.2, -0.15) is 0 Å². The van der Waals surface area contributed by atoms with Crippen molar-refractivity contribution in [1.29, 1.82) is 0 Å². The van der Waals surface area contributed by atoms with Crippen LogP contribution in [0.2, 0.25) is 0 Å². The minimum absolute atomic E-state index is 0.271. The maximum atomic E-state index is 12.2. The van der Waals surface area contributed by atoms with Gasteiger partial charge in [0, 0.05) is 13.6 Å². The first-order chi connectivity index (χ1) is 12.0. The molecule has 6 nitrogen and oxygen atoms in total. The van der Waals surface area contributed by atoms with E-state index in [1.165, 1.54) is 24.2 Å². The van der Waals surface area contributed by atoms with Gasteiger partial charge < -0.3 is 14.5 Å². The molecular formula is C18H26N4O2S. The predicted octanol–water partition coefficient (Wildman–Crippen LogP) is 2.95. The smallest absolute Gasteiger partial charge is 0.348 e. The van der Waals surface area contributed by atoms with Gasteiger partial charge in [0.15, 0.2) is 0 Å². The zero-order chi connectivity index (χ0) is 18.0. The Morgan fingerprint density at radius 3 is 2.80 bits per heavy atom. The van der Waals surface area contributed by atoms with Gasteiger partial charge in [-0.3, -0.25) is 0 Å². The summed E-state index contributed by atoms with van der Waals surface area (Å²) < 4.78 is 5.18. The molecule has 3 rings (SSSR count). The summed E-state index contributed by atoms with van der Waals surface area (Å²) in [5, 5.41) is 0.978. The Morgan fingerprint density at radius 2 is 2.12 bits per heavy atom. The SMILES string of the molecule is CCOC(=O)c1sc2ncnc(N(C)CC3CCN(C)CC3)c2c1C. The van der Waals surface area contributed by atoms with E-state index in [1.54, 1.807) is 6.33 Å². The van der Waals surface area contributed by atoms with Crippen LogP contribution in [0, 0.1) is 12.8 Å². The lowest BCUT2D eigenvalue weighted by Gasteiger charge is -2.32. The Kier molecular flexibility index (Phi) is 5.54. The maximum absolute atomic E-state index is 12.2. The number of hydrogen-bond donors (Lipinski definition) is 0. The highest BCUT2D eigenvalue weighted by Crippen LogP contribution is 2.35. The van der Waals surface area contributed by atoms with Crippen LogP contribution in [0.5, 0.6) is 0 Å². The largest absolute Gasteiger partial charge is 0.462 e. The van der Waals surface area contributed by atoms with Crippen molar-refractivity contribution >= 4 is 33.3 Å². The normalized spacial score (nSPS) is 16.3. The third kappa shape index (κ3) is 3.77. The highest BCUT2D eigenvalue weighted by atomic mass is 32.1. The summed E-state index contributed by atoms with van der Waals surface area (Å²) in [6, 6.07) is 0. The summed E-state index contributed by atoms with van der Waals surface area (Å²) in [7, 11) is 4.26. The fourth-order valence-corrected chi connectivity index (χ4v) is 4.49. The molecule has 7 heteroatoms. The van der Waals surface area contributed by atoms with Gasteiger partial charge in [-0.05, 0) is 58.3 Å². The molecule has 0 aliphatic carbocycles. The number of nitrogens with zero attached hydrogens (tertiary/aromatic N) is 4. The average molecular weight is 362 g/mol. The van der Waals surface area contributed by atoms with E-state index in [4.69, 9.17) is 4.74 Å². The quantitative estimate of drug-likeness (QED) is 0.762. The molecule has 0 aromatic carbocycles. The lowest BCUT2D eigenvalue weighted by Crippen LogP contribution is -2.36. The van der Waals surface area contributed by atoms with E-state index in [-0.39, 0.29) is 5.97 Å². The first kappa shape index (κ1) is 18.1. The van der Waals surface area contributed by atoms with Crippen LogP contribution in [0.25, 0.3) is 10.2 Å². The molecule has 1 saturated heterocycles. The van der Waals surface area contributed by atoms with Gasteiger partial charge in [0.05, 0.1) is 12.0 Å². The number of aryl methyl sites for hydroxylation is 1. The highest BCUT2D eigenvalue weighted by Gasteiger charge is 2.23. The molecule has 0 spiro atoms. The van der Waals surface area contributed by atoms with Gasteiger partial charge >= 0.3 is 5.97 Å². The summed E-state index contributed by atoms with van der Waals surface area (Å²) in [6.45, 7) is 7.44. The first-order valence-corrected chi connectivity index (χ1v) is 9.63. The number of hydrogen-bond acceptors (Lipinski definition) is 7. The fraction of sp³-hybridized carbons (Fsp3) is 0.611. The molecule has 2 aromatic heterocycles. The molecular weight excluding hydrogens is 336 g/mol. The summed E-state index contributed by atoms with van der Waals surface area (Å²) >= 11 is 1.39. The van der Waals surface area contributed by atoms with Crippen LogP contribution < -0.4 is 4.90 Å². The Hall–Kier alpha value is -1.73. The van der Waals surface area contributed by atoms with Crippen molar-refractivity contribution in [2.75, 3.05) is 45.2 Å². The minimum Gasteiger partial charge on any atom is -0.462 e. The number of rotatable bonds is 5. The molecule has 2 aromatic rings. The molecule has 0 bridgehead atoms. The molecule has 0 amide bonds. The number of carbonyl (C=O) groups excluding carboxylic acids is 1. The second kappa shape index (κ2) is 7.66. The highest BCUT2D eigenvalue weighted by molar-refractivity contribution is 7.20. The van der Waals surface area contributed by atoms with E-state index >= 15 is 0 Å². The number of ether oxygens (including phenoxy) is 1. The molecule has 0 N–H and O–H groups in total. The third-order valence-corrected chi connectivity index (χ3v) is 6.08. The van der Waals surface area contributed by atoms with E-state index in [2.05, 4.69) is 33.9 Å². The summed E-state index contributed by atoms with van der Waals surface area (Å²) in [4.78, 5) is 27.2. The Balaban J connectivity index is 1.87. The number of thiophene rings is 1. The van der Waals surface area contributed by atoms with Crippen LogP contribution in [0.4, 0.5) is 5.82 Å².